The van der Waals surface area contributed by atoms with Crippen molar-refractivity contribution in [3.05, 3.63) is 17.6 Å². The minimum Gasteiger partial charge on any atom is -0.384 e. The molecule has 0 unspecified atom stereocenters. The second-order valence-electron chi connectivity index (χ2n) is 6.06. The first-order valence-electron chi connectivity index (χ1n) is 6.70. The fourth-order valence-electron chi connectivity index (χ4n) is 2.21. The van der Waals surface area contributed by atoms with Crippen molar-refractivity contribution in [1.29, 1.82) is 0 Å². The molecule has 1 heterocycles. The fourth-order valence-corrected chi connectivity index (χ4v) is 3.39. The van der Waals surface area contributed by atoms with Crippen molar-refractivity contribution in [2.24, 2.45) is 0 Å². The van der Waals surface area contributed by atoms with Crippen LogP contribution in [0.1, 0.15) is 58.0 Å². The molecule has 3 nitrogen and oxygen atoms in total. The molecule has 2 rings (SSSR count). The summed E-state index contributed by atoms with van der Waals surface area (Å²) in [6.07, 6.45) is 5.45. The van der Waals surface area contributed by atoms with Gasteiger partial charge in [0.2, 0.25) is 0 Å². The van der Waals surface area contributed by atoms with Gasteiger partial charge in [0.25, 0.3) is 0 Å². The molecule has 1 aromatic rings. The molecule has 1 aliphatic rings. The number of thioether (sulfide) groups is 1. The lowest BCUT2D eigenvalue weighted by atomic mass is 9.92. The highest BCUT2D eigenvalue weighted by Crippen LogP contribution is 2.31. The van der Waals surface area contributed by atoms with Gasteiger partial charge in [0.05, 0.1) is 11.4 Å². The van der Waals surface area contributed by atoms with Gasteiger partial charge in [-0.05, 0) is 12.8 Å². The van der Waals surface area contributed by atoms with Crippen LogP contribution in [0.4, 0.5) is 5.82 Å². The van der Waals surface area contributed by atoms with E-state index in [1.165, 1.54) is 25.7 Å². The Bertz CT molecular complexity index is 406. The molecule has 0 saturated heterocycles. The summed E-state index contributed by atoms with van der Waals surface area (Å²) in [4.78, 5) is 9.01. The minimum absolute atomic E-state index is 0.0316. The summed E-state index contributed by atoms with van der Waals surface area (Å²) in [7, 11) is 0. The van der Waals surface area contributed by atoms with E-state index in [0.717, 1.165) is 22.5 Å². The predicted octanol–water partition coefficient (Wildman–Crippen LogP) is 3.53. The highest BCUT2D eigenvalue weighted by molar-refractivity contribution is 7.99. The molecule has 1 fully saturated rings. The molecule has 0 bridgehead atoms. The molecule has 1 saturated carbocycles. The molecule has 0 spiro atoms. The quantitative estimate of drug-likeness (QED) is 0.908. The lowest BCUT2D eigenvalue weighted by Crippen LogP contribution is -2.16. The number of hydrogen-bond donors (Lipinski definition) is 1. The average Bonchev–Trinajstić information content (AvgIpc) is 2.77. The Morgan fingerprint density at radius 3 is 2.56 bits per heavy atom. The van der Waals surface area contributed by atoms with Crippen molar-refractivity contribution in [2.75, 3.05) is 5.73 Å². The fraction of sp³-hybridized carbons (Fsp3) is 0.714. The van der Waals surface area contributed by atoms with Crippen LogP contribution in [0.2, 0.25) is 0 Å². The molecule has 1 aliphatic carbocycles. The van der Waals surface area contributed by atoms with Gasteiger partial charge >= 0.3 is 0 Å². The van der Waals surface area contributed by atoms with Crippen LogP contribution in [0, 0.1) is 0 Å². The highest BCUT2D eigenvalue weighted by atomic mass is 32.2. The Balaban J connectivity index is 2.05. The maximum absolute atomic E-state index is 5.88. The Hall–Kier alpha value is -0.770. The molecule has 100 valence electrons. The first-order chi connectivity index (χ1) is 8.45. The van der Waals surface area contributed by atoms with Gasteiger partial charge in [-0.25, -0.2) is 9.97 Å². The Kier molecular flexibility index (Phi) is 4.15. The zero-order valence-electron chi connectivity index (χ0n) is 11.6. The van der Waals surface area contributed by atoms with Gasteiger partial charge in [0, 0.05) is 16.7 Å². The normalized spacial score (nSPS) is 17.3. The smallest absolute Gasteiger partial charge is 0.140 e. The second-order valence-corrected chi connectivity index (χ2v) is 7.35. The number of aromatic nitrogens is 2. The van der Waals surface area contributed by atoms with Gasteiger partial charge in [0.1, 0.15) is 11.6 Å². The van der Waals surface area contributed by atoms with E-state index in [1.807, 2.05) is 17.8 Å². The van der Waals surface area contributed by atoms with Gasteiger partial charge in [-0.1, -0.05) is 33.6 Å². The van der Waals surface area contributed by atoms with Crippen molar-refractivity contribution in [1.82, 2.24) is 9.97 Å². The van der Waals surface area contributed by atoms with Crippen LogP contribution in [-0.2, 0) is 11.2 Å². The van der Waals surface area contributed by atoms with Crippen molar-refractivity contribution in [3.8, 4) is 0 Å². The molecule has 1 aromatic heterocycles. The summed E-state index contributed by atoms with van der Waals surface area (Å²) >= 11 is 1.98. The van der Waals surface area contributed by atoms with Crippen LogP contribution in [0.3, 0.4) is 0 Å². The molecular weight excluding hydrogens is 242 g/mol. The van der Waals surface area contributed by atoms with Gasteiger partial charge in [-0.2, -0.15) is 11.8 Å². The Morgan fingerprint density at radius 1 is 1.28 bits per heavy atom. The zero-order valence-corrected chi connectivity index (χ0v) is 12.4. The number of nitrogens with two attached hydrogens (primary N) is 1. The average molecular weight is 265 g/mol. The molecule has 0 atom stereocenters. The van der Waals surface area contributed by atoms with Gasteiger partial charge in [0.15, 0.2) is 0 Å². The molecule has 0 radical (unpaired) electrons. The SMILES string of the molecule is CC(C)(C)c1cc(N)nc(CSC2CCCC2)n1. The molecular formula is C14H23N3S. The second kappa shape index (κ2) is 5.47. The third-order valence-electron chi connectivity index (χ3n) is 3.31. The third-order valence-corrected chi connectivity index (χ3v) is 4.68. The summed E-state index contributed by atoms with van der Waals surface area (Å²) in [5, 5.41) is 0.799. The van der Waals surface area contributed by atoms with E-state index in [9.17, 15) is 0 Å². The monoisotopic (exact) mass is 265 g/mol. The summed E-state index contributed by atoms with van der Waals surface area (Å²) in [5.41, 5.74) is 6.95. The first kappa shape index (κ1) is 13.7. The number of anilines is 1. The molecule has 0 amide bonds. The number of hydrogen-bond acceptors (Lipinski definition) is 4. The lowest BCUT2D eigenvalue weighted by molar-refractivity contribution is 0.564. The van der Waals surface area contributed by atoms with Crippen molar-refractivity contribution in [3.63, 3.8) is 0 Å². The Morgan fingerprint density at radius 2 is 1.94 bits per heavy atom. The van der Waals surface area contributed by atoms with E-state index >= 15 is 0 Å². The van der Waals surface area contributed by atoms with Crippen molar-refractivity contribution < 1.29 is 0 Å². The lowest BCUT2D eigenvalue weighted by Gasteiger charge is -2.19. The summed E-state index contributed by atoms with van der Waals surface area (Å²) in [6.45, 7) is 6.47. The summed E-state index contributed by atoms with van der Waals surface area (Å²) in [6, 6.07) is 1.89. The van der Waals surface area contributed by atoms with Gasteiger partial charge < -0.3 is 5.73 Å². The van der Waals surface area contributed by atoms with Crippen LogP contribution >= 0.6 is 11.8 Å². The summed E-state index contributed by atoms with van der Waals surface area (Å²) in [5.74, 6) is 2.37. The van der Waals surface area contributed by atoms with Gasteiger partial charge in [-0.15, -0.1) is 0 Å². The maximum Gasteiger partial charge on any atom is 0.140 e. The molecule has 0 aromatic carbocycles. The number of nitrogens with zero attached hydrogens (tertiary/aromatic N) is 2. The summed E-state index contributed by atoms with van der Waals surface area (Å²) < 4.78 is 0. The van der Waals surface area contributed by atoms with Crippen LogP contribution in [-0.4, -0.2) is 15.2 Å². The highest BCUT2D eigenvalue weighted by Gasteiger charge is 2.19. The van der Waals surface area contributed by atoms with E-state index in [2.05, 4.69) is 30.7 Å². The standard InChI is InChI=1S/C14H23N3S/c1-14(2,3)11-8-12(15)17-13(16-11)9-18-10-6-4-5-7-10/h8,10H,4-7,9H2,1-3H3,(H2,15,16,17). The molecule has 4 heteroatoms. The number of rotatable bonds is 3. The number of nitrogen functional groups attached to an aromatic ring is 1. The first-order valence-corrected chi connectivity index (χ1v) is 7.75. The van der Waals surface area contributed by atoms with E-state index < -0.39 is 0 Å². The zero-order chi connectivity index (χ0) is 13.2. The largest absolute Gasteiger partial charge is 0.384 e. The third kappa shape index (κ3) is 3.61. The van der Waals surface area contributed by atoms with E-state index in [1.54, 1.807) is 0 Å². The van der Waals surface area contributed by atoms with E-state index in [4.69, 9.17) is 5.73 Å². The van der Waals surface area contributed by atoms with Crippen LogP contribution in [0.25, 0.3) is 0 Å². The maximum atomic E-state index is 5.88. The Labute approximate surface area is 114 Å². The van der Waals surface area contributed by atoms with E-state index in [-0.39, 0.29) is 5.41 Å². The molecule has 2 N–H and O–H groups in total. The van der Waals surface area contributed by atoms with Crippen molar-refractivity contribution >= 4 is 17.6 Å². The topological polar surface area (TPSA) is 51.8 Å². The molecule has 0 aliphatic heterocycles. The minimum atomic E-state index is 0.0316. The predicted molar refractivity (Wildman–Crippen MR) is 78.7 cm³/mol. The van der Waals surface area contributed by atoms with Crippen molar-refractivity contribution in [2.45, 2.75) is 62.9 Å². The molecule has 18 heavy (non-hydrogen) atoms. The van der Waals surface area contributed by atoms with E-state index in [0.29, 0.717) is 5.82 Å². The van der Waals surface area contributed by atoms with Crippen LogP contribution < -0.4 is 5.73 Å². The van der Waals surface area contributed by atoms with Crippen LogP contribution in [0.15, 0.2) is 6.07 Å². The van der Waals surface area contributed by atoms with Gasteiger partial charge in [-0.3, -0.25) is 0 Å². The van der Waals surface area contributed by atoms with Crippen LogP contribution in [0.5, 0.6) is 0 Å².